The van der Waals surface area contributed by atoms with Gasteiger partial charge in [0.05, 0.1) is 22.3 Å². The van der Waals surface area contributed by atoms with Crippen molar-refractivity contribution in [3.05, 3.63) is 52.0 Å². The van der Waals surface area contributed by atoms with Gasteiger partial charge in [-0.25, -0.2) is 15.0 Å². The van der Waals surface area contributed by atoms with E-state index >= 15 is 0 Å². The van der Waals surface area contributed by atoms with Crippen molar-refractivity contribution >= 4 is 52.2 Å². The van der Waals surface area contributed by atoms with Crippen molar-refractivity contribution in [2.75, 3.05) is 5.73 Å². The summed E-state index contributed by atoms with van der Waals surface area (Å²) in [7, 11) is 0. The van der Waals surface area contributed by atoms with Gasteiger partial charge in [0, 0.05) is 10.6 Å². The standard InChI is InChI=1S/C18H13Cl2N7O3/c19-10-5-9(16(29)11(20)6-10)7-22-24-14(28)8-27-13-4-2-1-3-12(13)23-18(27)15-17(21)26-30-25-15/h1-7,29H,8H2,(H2,21,26)(H,24,28). The number of halogens is 2. The number of imidazole rings is 1. The Labute approximate surface area is 178 Å². The van der Waals surface area contributed by atoms with Crippen LogP contribution in [0.15, 0.2) is 46.1 Å². The van der Waals surface area contributed by atoms with E-state index < -0.39 is 5.91 Å². The lowest BCUT2D eigenvalue weighted by atomic mass is 10.2. The molecule has 2 aromatic carbocycles. The summed E-state index contributed by atoms with van der Waals surface area (Å²) in [5.41, 5.74) is 9.98. The summed E-state index contributed by atoms with van der Waals surface area (Å²) < 4.78 is 6.27. The first-order valence-corrected chi connectivity index (χ1v) is 9.23. The number of carbonyl (C=O) groups is 1. The summed E-state index contributed by atoms with van der Waals surface area (Å²) in [5.74, 6) is -0.277. The highest BCUT2D eigenvalue weighted by atomic mass is 35.5. The van der Waals surface area contributed by atoms with E-state index in [1.165, 1.54) is 18.3 Å². The van der Waals surface area contributed by atoms with Crippen LogP contribution in [0.3, 0.4) is 0 Å². The van der Waals surface area contributed by atoms with Crippen LogP contribution < -0.4 is 11.2 Å². The molecule has 0 radical (unpaired) electrons. The lowest BCUT2D eigenvalue weighted by Crippen LogP contribution is -2.23. The third-order valence-electron chi connectivity index (χ3n) is 4.13. The van der Waals surface area contributed by atoms with Crippen molar-refractivity contribution in [1.29, 1.82) is 0 Å². The van der Waals surface area contributed by atoms with Crippen LogP contribution in [0.4, 0.5) is 5.82 Å². The van der Waals surface area contributed by atoms with Crippen molar-refractivity contribution in [3.63, 3.8) is 0 Å². The molecule has 0 fully saturated rings. The second-order valence-electron chi connectivity index (χ2n) is 6.13. The maximum atomic E-state index is 12.5. The zero-order valence-electron chi connectivity index (χ0n) is 15.1. The number of para-hydroxylation sites is 2. The van der Waals surface area contributed by atoms with E-state index in [1.807, 2.05) is 12.1 Å². The number of nitrogens with one attached hydrogen (secondary N) is 1. The Balaban J connectivity index is 1.59. The molecule has 12 heteroatoms. The van der Waals surface area contributed by atoms with Crippen LogP contribution in [0.25, 0.3) is 22.6 Å². The van der Waals surface area contributed by atoms with Gasteiger partial charge in [-0.15, -0.1) is 0 Å². The number of nitrogens with zero attached hydrogens (tertiary/aromatic N) is 5. The normalized spacial score (nSPS) is 11.4. The number of benzene rings is 2. The Kier molecular flexibility index (Phi) is 5.25. The molecule has 0 aliphatic carbocycles. The molecule has 30 heavy (non-hydrogen) atoms. The Morgan fingerprint density at radius 3 is 2.87 bits per heavy atom. The van der Waals surface area contributed by atoms with Crippen LogP contribution in [-0.4, -0.2) is 37.1 Å². The highest BCUT2D eigenvalue weighted by Gasteiger charge is 2.20. The molecular weight excluding hydrogens is 433 g/mol. The molecule has 2 heterocycles. The van der Waals surface area contributed by atoms with Gasteiger partial charge in [0.15, 0.2) is 17.3 Å². The number of carbonyl (C=O) groups excluding carboxylic acids is 1. The van der Waals surface area contributed by atoms with Gasteiger partial charge < -0.3 is 15.4 Å². The number of anilines is 1. The van der Waals surface area contributed by atoms with Crippen molar-refractivity contribution in [1.82, 2.24) is 25.3 Å². The quantitative estimate of drug-likeness (QED) is 0.316. The van der Waals surface area contributed by atoms with E-state index in [0.717, 1.165) is 0 Å². The molecule has 0 aliphatic heterocycles. The Bertz CT molecular complexity index is 1280. The molecule has 0 atom stereocenters. The summed E-state index contributed by atoms with van der Waals surface area (Å²) in [6.45, 7) is -0.137. The van der Waals surface area contributed by atoms with Crippen molar-refractivity contribution < 1.29 is 14.5 Å². The predicted molar refractivity (Wildman–Crippen MR) is 111 cm³/mol. The number of aromatic nitrogens is 4. The number of phenols is 1. The Morgan fingerprint density at radius 1 is 1.30 bits per heavy atom. The SMILES string of the molecule is Nc1nonc1-c1nc2ccccc2n1CC(=O)NN=Cc1cc(Cl)cc(Cl)c1O. The average Bonchev–Trinajstić information content (AvgIpc) is 3.29. The van der Waals surface area contributed by atoms with E-state index in [4.69, 9.17) is 28.9 Å². The summed E-state index contributed by atoms with van der Waals surface area (Å²) in [6.07, 6.45) is 1.23. The van der Waals surface area contributed by atoms with Crippen LogP contribution in [0.1, 0.15) is 5.56 Å². The van der Waals surface area contributed by atoms with Gasteiger partial charge in [-0.2, -0.15) is 5.10 Å². The third-order valence-corrected chi connectivity index (χ3v) is 4.64. The van der Waals surface area contributed by atoms with Gasteiger partial charge in [0.25, 0.3) is 5.91 Å². The van der Waals surface area contributed by atoms with Gasteiger partial charge in [-0.05, 0) is 34.6 Å². The zero-order valence-corrected chi connectivity index (χ0v) is 16.6. The molecule has 0 unspecified atom stereocenters. The Morgan fingerprint density at radius 2 is 2.10 bits per heavy atom. The number of hydrazone groups is 1. The largest absolute Gasteiger partial charge is 0.506 e. The fourth-order valence-corrected chi connectivity index (χ4v) is 3.31. The van der Waals surface area contributed by atoms with Crippen LogP contribution >= 0.6 is 23.2 Å². The number of hydrogen-bond donors (Lipinski definition) is 3. The van der Waals surface area contributed by atoms with E-state index in [0.29, 0.717) is 21.9 Å². The molecule has 152 valence electrons. The van der Waals surface area contributed by atoms with Crippen LogP contribution in [-0.2, 0) is 11.3 Å². The Hall–Kier alpha value is -3.63. The topological polar surface area (TPSA) is 144 Å². The highest BCUT2D eigenvalue weighted by molar-refractivity contribution is 6.36. The van der Waals surface area contributed by atoms with Gasteiger partial charge in [0.1, 0.15) is 12.3 Å². The van der Waals surface area contributed by atoms with E-state index in [1.54, 1.807) is 16.7 Å². The molecule has 4 N–H and O–H groups in total. The molecular formula is C18H13Cl2N7O3. The second-order valence-corrected chi connectivity index (χ2v) is 6.97. The lowest BCUT2D eigenvalue weighted by molar-refractivity contribution is -0.121. The van der Waals surface area contributed by atoms with E-state index in [2.05, 4.69) is 30.5 Å². The smallest absolute Gasteiger partial charge is 0.260 e. The van der Waals surface area contributed by atoms with Crippen molar-refractivity contribution in [3.8, 4) is 17.3 Å². The molecule has 0 bridgehead atoms. The number of fused-ring (bicyclic) bond motifs is 1. The molecule has 2 aromatic heterocycles. The number of nitrogens with two attached hydrogens (primary N) is 1. The number of amides is 1. The van der Waals surface area contributed by atoms with Crippen molar-refractivity contribution in [2.24, 2.45) is 5.10 Å². The monoisotopic (exact) mass is 445 g/mol. The summed E-state index contributed by atoms with van der Waals surface area (Å²) in [5, 5.41) is 21.5. The average molecular weight is 446 g/mol. The second kappa shape index (κ2) is 8.01. The number of phenolic OH excluding ortho intramolecular Hbond substituents is 1. The van der Waals surface area contributed by atoms with Gasteiger partial charge in [-0.3, -0.25) is 4.79 Å². The minimum Gasteiger partial charge on any atom is -0.506 e. The molecule has 10 nitrogen and oxygen atoms in total. The number of aromatic hydroxyl groups is 1. The number of hydrogen-bond acceptors (Lipinski definition) is 8. The van der Waals surface area contributed by atoms with Crippen LogP contribution in [0.2, 0.25) is 10.0 Å². The molecule has 0 aliphatic rings. The summed E-state index contributed by atoms with van der Waals surface area (Å²) in [4.78, 5) is 17.0. The fraction of sp³-hybridized carbons (Fsp3) is 0.0556. The number of nitrogen functional groups attached to an aromatic ring is 1. The summed E-state index contributed by atoms with van der Waals surface area (Å²) >= 11 is 11.8. The van der Waals surface area contributed by atoms with Gasteiger partial charge >= 0.3 is 0 Å². The fourth-order valence-electron chi connectivity index (χ4n) is 2.80. The predicted octanol–water partition coefficient (Wildman–Crippen LogP) is 2.83. The molecule has 0 saturated heterocycles. The third kappa shape index (κ3) is 3.78. The van der Waals surface area contributed by atoms with Crippen molar-refractivity contribution in [2.45, 2.75) is 6.54 Å². The van der Waals surface area contributed by atoms with Gasteiger partial charge in [0.2, 0.25) is 0 Å². The maximum absolute atomic E-state index is 12.5. The molecule has 4 rings (SSSR count). The first kappa shape index (κ1) is 19.7. The maximum Gasteiger partial charge on any atom is 0.260 e. The van der Waals surface area contributed by atoms with Crippen LogP contribution in [0.5, 0.6) is 5.75 Å². The minimum atomic E-state index is -0.460. The van der Waals surface area contributed by atoms with E-state index in [-0.39, 0.29) is 34.4 Å². The first-order chi connectivity index (χ1) is 14.4. The molecule has 0 spiro atoms. The molecule has 1 amide bonds. The molecule has 4 aromatic rings. The first-order valence-electron chi connectivity index (χ1n) is 8.47. The molecule has 0 saturated carbocycles. The van der Waals surface area contributed by atoms with E-state index in [9.17, 15) is 9.90 Å². The minimum absolute atomic E-state index is 0.0540. The van der Waals surface area contributed by atoms with Crippen LogP contribution in [0, 0.1) is 0 Å². The summed E-state index contributed by atoms with van der Waals surface area (Å²) in [6, 6.07) is 10.1. The highest BCUT2D eigenvalue weighted by Crippen LogP contribution is 2.30. The number of rotatable bonds is 5. The van der Waals surface area contributed by atoms with Gasteiger partial charge in [-0.1, -0.05) is 35.3 Å². The zero-order chi connectivity index (χ0) is 21.3. The lowest BCUT2D eigenvalue weighted by Gasteiger charge is -2.07.